The SMILES string of the molecule is COC(=O)c1cc(C#N)cc(NS(=O)(=O)CC2CN(C(c3ccc(Cl)cc3)c3ccc(Cl)cc3)C2)c1. The Hall–Kier alpha value is -3.09. The van der Waals surface area contributed by atoms with Crippen LogP contribution in [-0.2, 0) is 14.8 Å². The van der Waals surface area contributed by atoms with E-state index < -0.39 is 16.0 Å². The molecule has 7 nitrogen and oxygen atoms in total. The molecule has 0 saturated carbocycles. The number of hydrogen-bond donors (Lipinski definition) is 1. The number of esters is 1. The summed E-state index contributed by atoms with van der Waals surface area (Å²) in [6, 6.07) is 21.2. The zero-order valence-electron chi connectivity index (χ0n) is 19.3. The lowest BCUT2D eigenvalue weighted by Gasteiger charge is -2.44. The van der Waals surface area contributed by atoms with Crippen LogP contribution >= 0.6 is 23.2 Å². The molecule has 0 radical (unpaired) electrons. The van der Waals surface area contributed by atoms with Crippen LogP contribution in [0.15, 0.2) is 66.7 Å². The quantitative estimate of drug-likeness (QED) is 0.396. The maximum Gasteiger partial charge on any atom is 0.337 e. The standard InChI is InChI=1S/C26H23Cl2N3O4S/c1-35-26(32)21-10-17(13-29)11-24(12-21)30-36(33,34)16-18-14-31(15-18)25(19-2-6-22(27)7-3-19)20-4-8-23(28)9-5-20/h2-12,18,25,30H,14-16H2,1H3. The van der Waals surface area contributed by atoms with Crippen LogP contribution in [0, 0.1) is 17.2 Å². The Balaban J connectivity index is 1.47. The van der Waals surface area contributed by atoms with E-state index in [1.165, 1.54) is 25.3 Å². The van der Waals surface area contributed by atoms with Crippen LogP contribution in [0.1, 0.15) is 33.1 Å². The first-order chi connectivity index (χ1) is 17.2. The first-order valence-corrected chi connectivity index (χ1v) is 13.5. The summed E-state index contributed by atoms with van der Waals surface area (Å²) in [6.07, 6.45) is 0. The number of rotatable bonds is 8. The second kappa shape index (κ2) is 10.9. The number of carbonyl (C=O) groups excluding carboxylic acids is 1. The summed E-state index contributed by atoms with van der Waals surface area (Å²) in [4.78, 5) is 14.1. The van der Waals surface area contributed by atoms with E-state index in [0.717, 1.165) is 11.1 Å². The molecule has 1 N–H and O–H groups in total. The van der Waals surface area contributed by atoms with Gasteiger partial charge in [-0.2, -0.15) is 5.26 Å². The van der Waals surface area contributed by atoms with Crippen LogP contribution < -0.4 is 4.72 Å². The van der Waals surface area contributed by atoms with Crippen molar-refractivity contribution in [2.45, 2.75) is 6.04 Å². The molecule has 1 aliphatic rings. The van der Waals surface area contributed by atoms with Crippen molar-refractivity contribution in [1.82, 2.24) is 4.90 Å². The van der Waals surface area contributed by atoms with E-state index in [1.807, 2.05) is 54.6 Å². The average molecular weight is 544 g/mol. The number of likely N-dealkylation sites (tertiary alicyclic amines) is 1. The van der Waals surface area contributed by atoms with Gasteiger partial charge in [-0.05, 0) is 53.6 Å². The van der Waals surface area contributed by atoms with Crippen LogP contribution in [0.5, 0.6) is 0 Å². The number of methoxy groups -OCH3 is 1. The molecule has 4 rings (SSSR count). The normalized spacial score (nSPS) is 14.2. The van der Waals surface area contributed by atoms with Gasteiger partial charge in [0.15, 0.2) is 0 Å². The minimum absolute atomic E-state index is 0.0682. The molecule has 1 saturated heterocycles. The average Bonchev–Trinajstić information content (AvgIpc) is 2.83. The molecular formula is C26H23Cl2N3O4S. The van der Waals surface area contributed by atoms with E-state index >= 15 is 0 Å². The minimum Gasteiger partial charge on any atom is -0.465 e. The first kappa shape index (κ1) is 26.0. The summed E-state index contributed by atoms with van der Waals surface area (Å²) >= 11 is 12.2. The van der Waals surface area contributed by atoms with Gasteiger partial charge in [0.25, 0.3) is 0 Å². The summed E-state index contributed by atoms with van der Waals surface area (Å²) in [5.41, 5.74) is 2.48. The number of halogens is 2. The van der Waals surface area contributed by atoms with E-state index in [-0.39, 0.29) is 34.5 Å². The highest BCUT2D eigenvalue weighted by Crippen LogP contribution is 2.36. The number of benzene rings is 3. The zero-order valence-corrected chi connectivity index (χ0v) is 21.6. The van der Waals surface area contributed by atoms with Crippen molar-refractivity contribution < 1.29 is 17.9 Å². The molecule has 0 spiro atoms. The molecule has 0 bridgehead atoms. The fraction of sp³-hybridized carbons (Fsp3) is 0.231. The third-order valence-electron chi connectivity index (χ3n) is 5.93. The van der Waals surface area contributed by atoms with Crippen molar-refractivity contribution in [2.75, 3.05) is 30.7 Å². The van der Waals surface area contributed by atoms with E-state index in [4.69, 9.17) is 23.2 Å². The predicted molar refractivity (Wildman–Crippen MR) is 140 cm³/mol. The van der Waals surface area contributed by atoms with Crippen molar-refractivity contribution in [3.8, 4) is 6.07 Å². The smallest absolute Gasteiger partial charge is 0.337 e. The van der Waals surface area contributed by atoms with Crippen molar-refractivity contribution in [1.29, 1.82) is 5.26 Å². The van der Waals surface area contributed by atoms with Crippen molar-refractivity contribution >= 4 is 44.9 Å². The fourth-order valence-electron chi connectivity index (χ4n) is 4.35. The molecule has 36 heavy (non-hydrogen) atoms. The molecule has 1 aliphatic heterocycles. The summed E-state index contributed by atoms with van der Waals surface area (Å²) in [5.74, 6) is -0.844. The van der Waals surface area contributed by atoms with Gasteiger partial charge in [0.2, 0.25) is 10.0 Å². The van der Waals surface area contributed by atoms with E-state index in [2.05, 4.69) is 14.4 Å². The van der Waals surface area contributed by atoms with Crippen LogP contribution in [0.4, 0.5) is 5.69 Å². The molecule has 3 aromatic carbocycles. The molecule has 1 heterocycles. The lowest BCUT2D eigenvalue weighted by atomic mass is 9.91. The molecule has 1 fully saturated rings. The lowest BCUT2D eigenvalue weighted by molar-refractivity contribution is 0.0600. The van der Waals surface area contributed by atoms with Gasteiger partial charge in [0.05, 0.1) is 41.8 Å². The highest BCUT2D eigenvalue weighted by Gasteiger charge is 2.36. The number of nitrogens with zero attached hydrogens (tertiary/aromatic N) is 2. The number of carbonyl (C=O) groups is 1. The highest BCUT2D eigenvalue weighted by molar-refractivity contribution is 7.92. The van der Waals surface area contributed by atoms with Crippen molar-refractivity contribution in [2.24, 2.45) is 5.92 Å². The Morgan fingerprint density at radius 2 is 1.61 bits per heavy atom. The van der Waals surface area contributed by atoms with Crippen LogP contribution in [0.2, 0.25) is 10.0 Å². The Morgan fingerprint density at radius 1 is 1.06 bits per heavy atom. The number of anilines is 1. The molecule has 3 aromatic rings. The summed E-state index contributed by atoms with van der Waals surface area (Å²) < 4.78 is 33.0. The van der Waals surface area contributed by atoms with Gasteiger partial charge in [-0.25, -0.2) is 13.2 Å². The first-order valence-electron chi connectivity index (χ1n) is 11.1. The van der Waals surface area contributed by atoms with Crippen LogP contribution in [0.3, 0.4) is 0 Å². The number of nitriles is 1. The van der Waals surface area contributed by atoms with Gasteiger partial charge in [-0.3, -0.25) is 9.62 Å². The maximum atomic E-state index is 12.9. The second-order valence-corrected chi connectivity index (χ2v) is 11.3. The van der Waals surface area contributed by atoms with Gasteiger partial charge in [-0.1, -0.05) is 47.5 Å². The molecule has 0 aromatic heterocycles. The van der Waals surface area contributed by atoms with Gasteiger partial charge < -0.3 is 4.74 Å². The fourth-order valence-corrected chi connectivity index (χ4v) is 5.99. The number of ether oxygens (including phenoxy) is 1. The molecular weight excluding hydrogens is 521 g/mol. The number of nitrogens with one attached hydrogen (secondary N) is 1. The van der Waals surface area contributed by atoms with E-state index in [1.54, 1.807) is 0 Å². The largest absolute Gasteiger partial charge is 0.465 e. The lowest BCUT2D eigenvalue weighted by Crippen LogP contribution is -2.51. The van der Waals surface area contributed by atoms with Gasteiger partial charge in [0.1, 0.15) is 0 Å². The molecule has 0 unspecified atom stereocenters. The summed E-state index contributed by atoms with van der Waals surface area (Å²) in [7, 11) is -2.51. The molecule has 186 valence electrons. The second-order valence-electron chi connectivity index (χ2n) is 8.61. The number of sulfonamides is 1. The van der Waals surface area contributed by atoms with Gasteiger partial charge in [0, 0.05) is 29.1 Å². The van der Waals surface area contributed by atoms with E-state index in [9.17, 15) is 18.5 Å². The van der Waals surface area contributed by atoms with E-state index in [0.29, 0.717) is 23.1 Å². The molecule has 0 amide bonds. The zero-order chi connectivity index (χ0) is 25.9. The Labute approximate surface area is 220 Å². The molecule has 10 heteroatoms. The Bertz CT molecular complexity index is 1350. The monoisotopic (exact) mass is 543 g/mol. The maximum absolute atomic E-state index is 12.9. The van der Waals surface area contributed by atoms with Crippen molar-refractivity contribution in [3.05, 3.63) is 99.0 Å². The third-order valence-corrected chi connectivity index (χ3v) is 7.89. The topological polar surface area (TPSA) is 99.5 Å². The number of hydrogen-bond acceptors (Lipinski definition) is 6. The third kappa shape index (κ3) is 6.18. The van der Waals surface area contributed by atoms with Gasteiger partial charge in [-0.15, -0.1) is 0 Å². The Morgan fingerprint density at radius 3 is 2.11 bits per heavy atom. The Kier molecular flexibility index (Phi) is 7.86. The predicted octanol–water partition coefficient (Wildman–Crippen LogP) is 5.11. The van der Waals surface area contributed by atoms with Crippen LogP contribution in [0.25, 0.3) is 0 Å². The van der Waals surface area contributed by atoms with Gasteiger partial charge >= 0.3 is 5.97 Å². The highest BCUT2D eigenvalue weighted by atomic mass is 35.5. The minimum atomic E-state index is -3.73. The molecule has 0 aliphatic carbocycles. The summed E-state index contributed by atoms with van der Waals surface area (Å²) in [6.45, 7) is 1.14. The summed E-state index contributed by atoms with van der Waals surface area (Å²) in [5, 5.41) is 10.5. The van der Waals surface area contributed by atoms with Crippen molar-refractivity contribution in [3.63, 3.8) is 0 Å². The van der Waals surface area contributed by atoms with Crippen LogP contribution in [-0.4, -0.2) is 45.2 Å². The molecule has 0 atom stereocenters.